The van der Waals surface area contributed by atoms with Crippen molar-refractivity contribution < 1.29 is 5.11 Å². The monoisotopic (exact) mass is 608 g/mol. The van der Waals surface area contributed by atoms with E-state index in [4.69, 9.17) is 4.99 Å². The van der Waals surface area contributed by atoms with E-state index in [2.05, 4.69) is 77.4 Å². The summed E-state index contributed by atoms with van der Waals surface area (Å²) in [5, 5.41) is 9.89. The summed E-state index contributed by atoms with van der Waals surface area (Å²) >= 11 is 5.24. The van der Waals surface area contributed by atoms with Crippen molar-refractivity contribution >= 4 is 57.5 Å². The van der Waals surface area contributed by atoms with Crippen molar-refractivity contribution in [2.24, 2.45) is 4.99 Å². The van der Waals surface area contributed by atoms with Gasteiger partial charge in [-0.2, -0.15) is 0 Å². The van der Waals surface area contributed by atoms with Crippen LogP contribution in [-0.2, 0) is 6.42 Å². The molecule has 7 heteroatoms. The van der Waals surface area contributed by atoms with E-state index in [0.29, 0.717) is 4.53 Å². The van der Waals surface area contributed by atoms with Crippen LogP contribution >= 0.6 is 45.7 Å². The van der Waals surface area contributed by atoms with Gasteiger partial charge in [0.05, 0.1) is 19.8 Å². The number of hydrogen-bond acceptors (Lipinski definition) is 5. The number of halogens is 1. The number of allylic oxidation sites excluding steroid dienone is 1. The number of phenols is 1. The molecule has 1 atom stereocenters. The Morgan fingerprint density at radius 3 is 2.69 bits per heavy atom. The highest BCUT2D eigenvalue weighted by Gasteiger charge is 2.32. The minimum atomic E-state index is -0.174. The van der Waals surface area contributed by atoms with Crippen LogP contribution in [0.3, 0.4) is 0 Å². The van der Waals surface area contributed by atoms with Crippen LogP contribution in [0.4, 0.5) is 0 Å². The number of hydrogen-bond donors (Lipinski definition) is 1. The van der Waals surface area contributed by atoms with Crippen LogP contribution < -0.4 is 14.9 Å². The number of fused-ring (bicyclic) bond motifs is 3. The summed E-state index contributed by atoms with van der Waals surface area (Å²) in [7, 11) is 0. The minimum absolute atomic E-state index is 0.0267. The Labute approximate surface area is 224 Å². The summed E-state index contributed by atoms with van der Waals surface area (Å²) in [4.78, 5) is 20.8. The molecule has 4 nitrogen and oxygen atoms in total. The molecule has 0 fully saturated rings. The standard InChI is InChI=1S/C28H21IN2O2S2/c1-34-19-10-7-18(8-11-19)26-21-12-9-17-4-2-3-5-20(17)25(21)30-28-31(26)27(33)24(35-28)15-16-6-13-23(32)22(29)14-16/h2-8,10-11,13-15,26,32H,9,12H2,1H3. The summed E-state index contributed by atoms with van der Waals surface area (Å²) in [6, 6.07) is 22.2. The van der Waals surface area contributed by atoms with Gasteiger partial charge in [0.1, 0.15) is 5.75 Å². The second kappa shape index (κ2) is 9.11. The molecule has 0 saturated carbocycles. The molecule has 1 unspecified atom stereocenters. The Kier molecular flexibility index (Phi) is 5.94. The molecule has 174 valence electrons. The van der Waals surface area contributed by atoms with Gasteiger partial charge in [0.2, 0.25) is 0 Å². The molecule has 2 heterocycles. The Morgan fingerprint density at radius 2 is 1.91 bits per heavy atom. The molecule has 0 saturated heterocycles. The Morgan fingerprint density at radius 1 is 1.11 bits per heavy atom. The zero-order chi connectivity index (χ0) is 24.1. The number of aromatic hydroxyl groups is 1. The lowest BCUT2D eigenvalue weighted by molar-refractivity contribution is 0.471. The van der Waals surface area contributed by atoms with E-state index in [1.165, 1.54) is 32.9 Å². The molecule has 1 aliphatic carbocycles. The lowest BCUT2D eigenvalue weighted by atomic mass is 9.83. The maximum atomic E-state index is 13.8. The minimum Gasteiger partial charge on any atom is -0.507 e. The third kappa shape index (κ3) is 3.99. The third-order valence-corrected chi connectivity index (χ3v) is 9.16. The van der Waals surface area contributed by atoms with Gasteiger partial charge >= 0.3 is 0 Å². The van der Waals surface area contributed by atoms with Crippen molar-refractivity contribution in [2.45, 2.75) is 23.8 Å². The largest absolute Gasteiger partial charge is 0.507 e. The predicted octanol–water partition coefficient (Wildman–Crippen LogP) is 5.35. The van der Waals surface area contributed by atoms with Crippen LogP contribution in [0.2, 0.25) is 0 Å². The van der Waals surface area contributed by atoms with Gasteiger partial charge in [0.15, 0.2) is 4.80 Å². The van der Waals surface area contributed by atoms with Crippen molar-refractivity contribution in [1.29, 1.82) is 0 Å². The molecule has 1 aliphatic heterocycles. The molecule has 1 N–H and O–H groups in total. The van der Waals surface area contributed by atoms with Crippen molar-refractivity contribution in [1.82, 2.24) is 4.57 Å². The van der Waals surface area contributed by atoms with Gasteiger partial charge in [0.25, 0.3) is 5.56 Å². The first-order valence-corrected chi connectivity index (χ1v) is 14.4. The summed E-state index contributed by atoms with van der Waals surface area (Å²) in [6.45, 7) is 0. The lowest BCUT2D eigenvalue weighted by Gasteiger charge is -2.30. The summed E-state index contributed by atoms with van der Waals surface area (Å²) in [6.07, 6.45) is 5.79. The van der Waals surface area contributed by atoms with E-state index >= 15 is 0 Å². The number of phenolic OH excluding ortho intramolecular Hbond substituents is 1. The molecule has 0 radical (unpaired) electrons. The third-order valence-electron chi connectivity index (χ3n) is 6.57. The quantitative estimate of drug-likeness (QED) is 0.252. The number of nitrogens with zero attached hydrogens (tertiary/aromatic N) is 2. The fourth-order valence-corrected chi connectivity index (χ4v) is 6.82. The average Bonchev–Trinajstić information content (AvgIpc) is 3.19. The van der Waals surface area contributed by atoms with E-state index in [9.17, 15) is 9.90 Å². The molecule has 0 amide bonds. The molecule has 35 heavy (non-hydrogen) atoms. The van der Waals surface area contributed by atoms with Gasteiger partial charge in [-0.15, -0.1) is 11.8 Å². The highest BCUT2D eigenvalue weighted by Crippen LogP contribution is 2.41. The smallest absolute Gasteiger partial charge is 0.271 e. The van der Waals surface area contributed by atoms with E-state index in [0.717, 1.165) is 38.0 Å². The Balaban J connectivity index is 1.60. The first-order valence-electron chi connectivity index (χ1n) is 11.3. The van der Waals surface area contributed by atoms with Gasteiger partial charge in [-0.3, -0.25) is 9.36 Å². The SMILES string of the molecule is CSc1ccc(C2C3=C(N=c4sc(=Cc5ccc(O)c(I)c5)c(=O)n42)c2ccccc2CC3)cc1. The predicted molar refractivity (Wildman–Crippen MR) is 152 cm³/mol. The fourth-order valence-electron chi connectivity index (χ4n) is 4.87. The molecular weight excluding hydrogens is 587 g/mol. The zero-order valence-electron chi connectivity index (χ0n) is 18.9. The second-order valence-corrected chi connectivity index (χ2v) is 11.6. The topological polar surface area (TPSA) is 54.6 Å². The fraction of sp³-hybridized carbons (Fsp3) is 0.143. The van der Waals surface area contributed by atoms with Gasteiger partial charge in [0, 0.05) is 10.5 Å². The van der Waals surface area contributed by atoms with Crippen LogP contribution in [0, 0.1) is 3.57 Å². The molecular formula is C28H21IN2O2S2. The normalized spacial score (nSPS) is 17.0. The van der Waals surface area contributed by atoms with Crippen LogP contribution in [0.1, 0.15) is 34.7 Å². The van der Waals surface area contributed by atoms with Crippen molar-refractivity contribution in [3.63, 3.8) is 0 Å². The second-order valence-electron chi connectivity index (χ2n) is 8.60. The summed E-state index contributed by atoms with van der Waals surface area (Å²) in [5.41, 5.74) is 6.66. The van der Waals surface area contributed by atoms with Crippen LogP contribution in [0.5, 0.6) is 5.75 Å². The maximum Gasteiger partial charge on any atom is 0.271 e. The number of aryl methyl sites for hydroxylation is 1. The van der Waals surface area contributed by atoms with Gasteiger partial charge < -0.3 is 5.11 Å². The highest BCUT2D eigenvalue weighted by atomic mass is 127. The number of benzene rings is 3. The van der Waals surface area contributed by atoms with E-state index in [-0.39, 0.29) is 17.4 Å². The zero-order valence-corrected chi connectivity index (χ0v) is 22.7. The number of rotatable bonds is 3. The molecule has 0 bridgehead atoms. The molecule has 4 aromatic rings. The molecule has 2 aliphatic rings. The van der Waals surface area contributed by atoms with Gasteiger partial charge in [-0.05, 0) is 94.3 Å². The summed E-state index contributed by atoms with van der Waals surface area (Å²) < 4.78 is 3.27. The average molecular weight is 609 g/mol. The lowest BCUT2D eigenvalue weighted by Crippen LogP contribution is -2.38. The van der Waals surface area contributed by atoms with Crippen LogP contribution in [0.15, 0.2) is 87.0 Å². The first-order chi connectivity index (χ1) is 17.0. The van der Waals surface area contributed by atoms with Crippen molar-refractivity contribution in [3.05, 3.63) is 118 Å². The van der Waals surface area contributed by atoms with Crippen molar-refractivity contribution in [3.8, 4) is 5.75 Å². The van der Waals surface area contributed by atoms with E-state index in [1.54, 1.807) is 17.8 Å². The number of thiazole rings is 1. The Hall–Kier alpha value is -2.62. The summed E-state index contributed by atoms with van der Waals surface area (Å²) in [5.74, 6) is 0.240. The van der Waals surface area contributed by atoms with Crippen LogP contribution in [0.25, 0.3) is 11.8 Å². The highest BCUT2D eigenvalue weighted by molar-refractivity contribution is 14.1. The van der Waals surface area contributed by atoms with Gasteiger partial charge in [-0.25, -0.2) is 4.99 Å². The Bertz CT molecular complexity index is 1680. The van der Waals surface area contributed by atoms with Crippen molar-refractivity contribution in [2.75, 3.05) is 6.26 Å². The number of thioether (sulfide) groups is 1. The maximum absolute atomic E-state index is 13.8. The van der Waals surface area contributed by atoms with E-state index in [1.807, 2.05) is 22.8 Å². The number of aromatic nitrogens is 1. The van der Waals surface area contributed by atoms with Gasteiger partial charge in [-0.1, -0.05) is 53.8 Å². The molecule has 1 aromatic heterocycles. The molecule has 3 aromatic carbocycles. The van der Waals surface area contributed by atoms with E-state index < -0.39 is 0 Å². The molecule has 0 spiro atoms. The molecule has 6 rings (SSSR count). The van der Waals surface area contributed by atoms with Crippen LogP contribution in [-0.4, -0.2) is 15.9 Å². The first kappa shape index (κ1) is 22.8.